The van der Waals surface area contributed by atoms with Crippen molar-refractivity contribution in [1.82, 2.24) is 4.90 Å². The van der Waals surface area contributed by atoms with Crippen LogP contribution >= 0.6 is 0 Å². The minimum Gasteiger partial charge on any atom is -0.497 e. The third-order valence-electron chi connectivity index (χ3n) is 4.88. The van der Waals surface area contributed by atoms with Crippen LogP contribution in [0.2, 0.25) is 0 Å². The Morgan fingerprint density at radius 1 is 1.30 bits per heavy atom. The summed E-state index contributed by atoms with van der Waals surface area (Å²) in [6, 6.07) is 7.84. The first-order valence-electron chi connectivity index (χ1n) is 7.95. The zero-order valence-electron chi connectivity index (χ0n) is 13.5. The first-order valence-corrected chi connectivity index (χ1v) is 7.95. The lowest BCUT2D eigenvalue weighted by Crippen LogP contribution is -2.36. The first-order chi connectivity index (χ1) is 11.1. The van der Waals surface area contributed by atoms with E-state index in [2.05, 4.69) is 13.2 Å². The van der Waals surface area contributed by atoms with Gasteiger partial charge in [-0.2, -0.15) is 0 Å². The van der Waals surface area contributed by atoms with Crippen molar-refractivity contribution < 1.29 is 14.3 Å². The van der Waals surface area contributed by atoms with E-state index in [1.807, 2.05) is 41.3 Å². The summed E-state index contributed by atoms with van der Waals surface area (Å²) in [4.78, 5) is 15.0. The molecule has 0 saturated carbocycles. The molecular weight excluding hydrogens is 290 g/mol. The predicted octanol–water partition coefficient (Wildman–Crippen LogP) is 3.46. The summed E-state index contributed by atoms with van der Waals surface area (Å²) in [5.74, 6) is 0.948. The highest BCUT2D eigenvalue weighted by molar-refractivity contribution is 5.86. The zero-order chi connectivity index (χ0) is 16.4. The summed E-state index contributed by atoms with van der Waals surface area (Å²) >= 11 is 0. The molecule has 3 rings (SSSR count). The number of amides is 1. The van der Waals surface area contributed by atoms with Gasteiger partial charge in [-0.15, -0.1) is 13.2 Å². The summed E-state index contributed by atoms with van der Waals surface area (Å²) in [5.41, 5.74) is 0.581. The van der Waals surface area contributed by atoms with Gasteiger partial charge in [-0.1, -0.05) is 24.3 Å². The standard InChI is InChI=1S/C19H23NO3/c1-4-10-19(11-5-2)12-15-13-23-17(20(15)18(19)21)14-6-8-16(22-3)9-7-14/h4-9,15,17H,1-2,10-13H2,3H3/t15-,17+/m0/s1. The number of methoxy groups -OCH3 is 1. The molecule has 0 bridgehead atoms. The van der Waals surface area contributed by atoms with Crippen LogP contribution in [0, 0.1) is 5.41 Å². The number of rotatable bonds is 6. The van der Waals surface area contributed by atoms with E-state index in [1.54, 1.807) is 7.11 Å². The molecule has 4 nitrogen and oxygen atoms in total. The number of hydrogen-bond donors (Lipinski definition) is 0. The topological polar surface area (TPSA) is 38.8 Å². The summed E-state index contributed by atoms with van der Waals surface area (Å²) < 4.78 is 11.1. The fraction of sp³-hybridized carbons (Fsp3) is 0.421. The van der Waals surface area contributed by atoms with Crippen molar-refractivity contribution in [3.63, 3.8) is 0 Å². The molecule has 2 aliphatic rings. The molecular formula is C19H23NO3. The average Bonchev–Trinajstić information content (AvgIpc) is 3.08. The molecule has 0 N–H and O–H groups in total. The van der Waals surface area contributed by atoms with Crippen LogP contribution in [0.4, 0.5) is 0 Å². The molecule has 2 saturated heterocycles. The van der Waals surface area contributed by atoms with Crippen LogP contribution in [0.1, 0.15) is 31.1 Å². The minimum atomic E-state index is -0.400. The third kappa shape index (κ3) is 2.57. The molecule has 2 atom stereocenters. The lowest BCUT2D eigenvalue weighted by atomic mass is 9.78. The summed E-state index contributed by atoms with van der Waals surface area (Å²) in [5, 5.41) is 0. The molecule has 1 aromatic rings. The van der Waals surface area contributed by atoms with Gasteiger partial charge >= 0.3 is 0 Å². The second kappa shape index (κ2) is 6.20. The maximum atomic E-state index is 13.1. The number of benzene rings is 1. The van der Waals surface area contributed by atoms with E-state index in [1.165, 1.54) is 0 Å². The van der Waals surface area contributed by atoms with Gasteiger partial charge in [0.1, 0.15) is 5.75 Å². The number of fused-ring (bicyclic) bond motifs is 1. The molecule has 2 heterocycles. The molecule has 0 aliphatic carbocycles. The van der Waals surface area contributed by atoms with Crippen molar-refractivity contribution in [2.45, 2.75) is 31.5 Å². The van der Waals surface area contributed by atoms with Gasteiger partial charge in [0.15, 0.2) is 6.23 Å². The van der Waals surface area contributed by atoms with Gasteiger partial charge in [-0.25, -0.2) is 0 Å². The van der Waals surface area contributed by atoms with E-state index >= 15 is 0 Å². The largest absolute Gasteiger partial charge is 0.497 e. The normalized spacial score (nSPS) is 25.3. The zero-order valence-corrected chi connectivity index (χ0v) is 13.5. The fourth-order valence-electron chi connectivity index (χ4n) is 3.80. The van der Waals surface area contributed by atoms with E-state index in [9.17, 15) is 4.79 Å². The molecule has 0 aromatic heterocycles. The lowest BCUT2D eigenvalue weighted by molar-refractivity contribution is -0.142. The van der Waals surface area contributed by atoms with E-state index < -0.39 is 5.41 Å². The lowest BCUT2D eigenvalue weighted by Gasteiger charge is -2.28. The SMILES string of the molecule is C=CCC1(CC=C)C[C@H]2CO[C@H](c3ccc(OC)cc3)N2C1=O. The number of carbonyl (C=O) groups excluding carboxylic acids is 1. The molecule has 1 aromatic carbocycles. The third-order valence-corrected chi connectivity index (χ3v) is 4.88. The van der Waals surface area contributed by atoms with Gasteiger partial charge in [0.25, 0.3) is 0 Å². The Morgan fingerprint density at radius 3 is 2.52 bits per heavy atom. The van der Waals surface area contributed by atoms with Crippen molar-refractivity contribution >= 4 is 5.91 Å². The molecule has 0 unspecified atom stereocenters. The number of hydrogen-bond acceptors (Lipinski definition) is 3. The number of allylic oxidation sites excluding steroid dienone is 2. The molecule has 4 heteroatoms. The Kier molecular flexibility index (Phi) is 4.26. The van der Waals surface area contributed by atoms with Gasteiger partial charge in [-0.3, -0.25) is 4.79 Å². The second-order valence-corrected chi connectivity index (χ2v) is 6.30. The summed E-state index contributed by atoms with van der Waals surface area (Å²) in [6.45, 7) is 8.23. The highest BCUT2D eigenvalue weighted by atomic mass is 16.5. The highest BCUT2D eigenvalue weighted by Gasteiger charge is 2.55. The van der Waals surface area contributed by atoms with Crippen molar-refractivity contribution in [3.05, 3.63) is 55.1 Å². The highest BCUT2D eigenvalue weighted by Crippen LogP contribution is 2.49. The minimum absolute atomic E-state index is 0.134. The fourth-order valence-corrected chi connectivity index (χ4v) is 3.80. The van der Waals surface area contributed by atoms with Crippen LogP contribution in [0.5, 0.6) is 5.75 Å². The van der Waals surface area contributed by atoms with Crippen LogP contribution in [0.15, 0.2) is 49.6 Å². The molecule has 0 spiro atoms. The molecule has 122 valence electrons. The van der Waals surface area contributed by atoms with E-state index in [0.29, 0.717) is 19.4 Å². The number of nitrogens with zero attached hydrogens (tertiary/aromatic N) is 1. The predicted molar refractivity (Wildman–Crippen MR) is 89.0 cm³/mol. The van der Waals surface area contributed by atoms with E-state index in [-0.39, 0.29) is 18.2 Å². The van der Waals surface area contributed by atoms with Crippen molar-refractivity contribution in [2.24, 2.45) is 5.41 Å². The van der Waals surface area contributed by atoms with Crippen LogP contribution in [-0.2, 0) is 9.53 Å². The molecule has 1 amide bonds. The monoisotopic (exact) mass is 313 g/mol. The summed E-state index contributed by atoms with van der Waals surface area (Å²) in [6.07, 6.45) is 5.53. The summed E-state index contributed by atoms with van der Waals surface area (Å²) in [7, 11) is 1.64. The van der Waals surface area contributed by atoms with Crippen molar-refractivity contribution in [2.75, 3.05) is 13.7 Å². The first kappa shape index (κ1) is 15.8. The van der Waals surface area contributed by atoms with Gasteiger partial charge in [0, 0.05) is 5.56 Å². The van der Waals surface area contributed by atoms with Crippen LogP contribution in [-0.4, -0.2) is 30.6 Å². The maximum absolute atomic E-state index is 13.1. The smallest absolute Gasteiger partial charge is 0.232 e. The number of ether oxygens (including phenoxy) is 2. The van der Waals surface area contributed by atoms with Crippen LogP contribution < -0.4 is 4.74 Å². The van der Waals surface area contributed by atoms with Crippen LogP contribution in [0.3, 0.4) is 0 Å². The van der Waals surface area contributed by atoms with Gasteiger partial charge in [0.2, 0.25) is 5.91 Å². The molecule has 23 heavy (non-hydrogen) atoms. The van der Waals surface area contributed by atoms with Crippen LogP contribution in [0.25, 0.3) is 0 Å². The Labute approximate surface area is 137 Å². The van der Waals surface area contributed by atoms with Crippen molar-refractivity contribution in [3.8, 4) is 5.75 Å². The molecule has 2 fully saturated rings. The van der Waals surface area contributed by atoms with E-state index in [4.69, 9.17) is 9.47 Å². The molecule has 2 aliphatic heterocycles. The number of carbonyl (C=O) groups is 1. The Hall–Kier alpha value is -2.07. The maximum Gasteiger partial charge on any atom is 0.232 e. The Balaban J connectivity index is 1.88. The van der Waals surface area contributed by atoms with Gasteiger partial charge in [-0.05, 0) is 31.4 Å². The Bertz CT molecular complexity index is 598. The Morgan fingerprint density at radius 2 is 1.96 bits per heavy atom. The van der Waals surface area contributed by atoms with Gasteiger partial charge in [0.05, 0.1) is 25.2 Å². The average molecular weight is 313 g/mol. The quantitative estimate of drug-likeness (QED) is 0.755. The van der Waals surface area contributed by atoms with E-state index in [0.717, 1.165) is 17.7 Å². The molecule has 0 radical (unpaired) electrons. The van der Waals surface area contributed by atoms with Gasteiger partial charge < -0.3 is 14.4 Å². The second-order valence-electron chi connectivity index (χ2n) is 6.30. The van der Waals surface area contributed by atoms with Crippen molar-refractivity contribution in [1.29, 1.82) is 0 Å².